The average molecular weight is 694 g/mol. The zero-order valence-corrected chi connectivity index (χ0v) is 26.6. The van der Waals surface area contributed by atoms with E-state index in [9.17, 15) is 45.1 Å². The standard InChI is InChI=1S/C34H34F7N5O3/c1-44(26-16-22(33(36,37)38)15-23(17-26)34(39,40)41)32(49)45(2)29-19-46(18-27(29)20-6-10-24(35)11-7-20)31(48)21-8-12-25(13-9-21)43-30(47)28-5-3-4-14-42-28/h3-7,10-11,14-17,21,25,27,29H,8-9,12-13,18-19H2,1-2H3,(H,43,47)/t21-,25-,27-,29+/m0/s1. The van der Waals surface area contributed by atoms with Crippen molar-refractivity contribution in [3.8, 4) is 0 Å². The Morgan fingerprint density at radius 3 is 2.00 bits per heavy atom. The number of likely N-dealkylation sites (tertiary alicyclic amines) is 1. The van der Waals surface area contributed by atoms with E-state index in [1.165, 1.54) is 42.4 Å². The largest absolute Gasteiger partial charge is 0.416 e. The number of carbonyl (C=O) groups excluding carboxylic acids is 3. The van der Waals surface area contributed by atoms with Gasteiger partial charge in [0.15, 0.2) is 0 Å². The minimum Gasteiger partial charge on any atom is -0.348 e. The Morgan fingerprint density at radius 2 is 1.45 bits per heavy atom. The van der Waals surface area contributed by atoms with Gasteiger partial charge in [0.25, 0.3) is 5.91 Å². The molecule has 3 aromatic rings. The number of nitrogens with zero attached hydrogens (tertiary/aromatic N) is 4. The van der Waals surface area contributed by atoms with Crippen LogP contribution < -0.4 is 10.2 Å². The molecule has 5 rings (SSSR count). The lowest BCUT2D eigenvalue weighted by atomic mass is 9.85. The normalized spacial score (nSPS) is 21.3. The molecule has 49 heavy (non-hydrogen) atoms. The van der Waals surface area contributed by atoms with Crippen molar-refractivity contribution in [2.24, 2.45) is 5.92 Å². The van der Waals surface area contributed by atoms with Crippen LogP contribution in [0.25, 0.3) is 0 Å². The van der Waals surface area contributed by atoms with Crippen molar-refractivity contribution in [3.63, 3.8) is 0 Å². The molecule has 1 N–H and O–H groups in total. The molecule has 0 spiro atoms. The number of alkyl halides is 6. The quantitative estimate of drug-likeness (QED) is 0.291. The summed E-state index contributed by atoms with van der Waals surface area (Å²) >= 11 is 0. The first-order chi connectivity index (χ1) is 23.0. The van der Waals surface area contributed by atoms with Gasteiger partial charge in [0, 0.05) is 56.9 Å². The summed E-state index contributed by atoms with van der Waals surface area (Å²) in [6, 6.07) is 9.63. The predicted octanol–water partition coefficient (Wildman–Crippen LogP) is 6.73. The molecule has 2 aliphatic rings. The summed E-state index contributed by atoms with van der Waals surface area (Å²) in [6.07, 6.45) is -6.61. The number of carbonyl (C=O) groups is 3. The van der Waals surface area contributed by atoms with E-state index < -0.39 is 53.0 Å². The van der Waals surface area contributed by atoms with Crippen LogP contribution in [0.4, 0.5) is 41.2 Å². The average Bonchev–Trinajstić information content (AvgIpc) is 3.52. The zero-order valence-electron chi connectivity index (χ0n) is 26.6. The van der Waals surface area contributed by atoms with Gasteiger partial charge in [0.2, 0.25) is 5.91 Å². The molecule has 1 aromatic heterocycles. The van der Waals surface area contributed by atoms with Crippen molar-refractivity contribution >= 4 is 23.5 Å². The van der Waals surface area contributed by atoms with E-state index in [2.05, 4.69) is 10.3 Å². The predicted molar refractivity (Wildman–Crippen MR) is 165 cm³/mol. The molecule has 0 radical (unpaired) electrons. The highest BCUT2D eigenvalue weighted by Crippen LogP contribution is 2.39. The number of likely N-dealkylation sites (N-methyl/N-ethyl adjacent to an activating group) is 1. The van der Waals surface area contributed by atoms with Gasteiger partial charge in [-0.1, -0.05) is 18.2 Å². The van der Waals surface area contributed by atoms with E-state index in [0.29, 0.717) is 48.3 Å². The van der Waals surface area contributed by atoms with Crippen LogP contribution in [0.1, 0.15) is 58.8 Å². The molecule has 8 nitrogen and oxygen atoms in total. The topological polar surface area (TPSA) is 85.9 Å². The number of amides is 4. The molecule has 0 unspecified atom stereocenters. The minimum absolute atomic E-state index is 0.0154. The Labute approximate surface area is 277 Å². The number of rotatable bonds is 6. The van der Waals surface area contributed by atoms with Crippen molar-refractivity contribution in [1.82, 2.24) is 20.1 Å². The maximum absolute atomic E-state index is 13.8. The molecule has 2 fully saturated rings. The molecule has 1 aliphatic heterocycles. The van der Waals surface area contributed by atoms with Crippen LogP contribution in [0.15, 0.2) is 66.9 Å². The van der Waals surface area contributed by atoms with E-state index in [-0.39, 0.29) is 48.6 Å². The van der Waals surface area contributed by atoms with Crippen LogP contribution in [0, 0.1) is 11.7 Å². The second-order valence-electron chi connectivity index (χ2n) is 12.4. The number of aromatic nitrogens is 1. The fraction of sp³-hybridized carbons (Fsp3) is 0.412. The summed E-state index contributed by atoms with van der Waals surface area (Å²) in [7, 11) is 2.44. The van der Waals surface area contributed by atoms with Crippen molar-refractivity contribution in [1.29, 1.82) is 0 Å². The van der Waals surface area contributed by atoms with Gasteiger partial charge in [0.1, 0.15) is 11.5 Å². The van der Waals surface area contributed by atoms with E-state index in [4.69, 9.17) is 0 Å². The molecule has 2 aromatic carbocycles. The van der Waals surface area contributed by atoms with Gasteiger partial charge in [-0.15, -0.1) is 0 Å². The molecule has 1 saturated carbocycles. The Morgan fingerprint density at radius 1 is 0.837 bits per heavy atom. The first kappa shape index (κ1) is 35.6. The fourth-order valence-corrected chi connectivity index (χ4v) is 6.52. The molecule has 4 amide bonds. The molecule has 262 valence electrons. The van der Waals surface area contributed by atoms with Crippen LogP contribution >= 0.6 is 0 Å². The Kier molecular flexibility index (Phi) is 10.2. The van der Waals surface area contributed by atoms with Gasteiger partial charge >= 0.3 is 18.4 Å². The molecular formula is C34H34F7N5O3. The minimum atomic E-state index is -5.10. The van der Waals surface area contributed by atoms with Gasteiger partial charge in [0.05, 0.1) is 17.2 Å². The Hall–Kier alpha value is -4.69. The number of nitrogens with one attached hydrogen (secondary N) is 1. The van der Waals surface area contributed by atoms with Gasteiger partial charge in [-0.3, -0.25) is 19.5 Å². The zero-order chi connectivity index (χ0) is 35.7. The number of hydrogen-bond donors (Lipinski definition) is 1. The summed E-state index contributed by atoms with van der Waals surface area (Å²) in [5.74, 6) is -1.89. The molecule has 2 atom stereocenters. The molecule has 15 heteroatoms. The van der Waals surface area contributed by atoms with Crippen molar-refractivity contribution in [3.05, 3.63) is 95.1 Å². The molecule has 2 heterocycles. The first-order valence-electron chi connectivity index (χ1n) is 15.6. The maximum Gasteiger partial charge on any atom is 0.416 e. The summed E-state index contributed by atoms with van der Waals surface area (Å²) in [5, 5.41) is 2.95. The molecule has 0 bridgehead atoms. The third-order valence-corrected chi connectivity index (χ3v) is 9.25. The summed E-state index contributed by atoms with van der Waals surface area (Å²) < 4.78 is 95.0. The highest BCUT2D eigenvalue weighted by atomic mass is 19.4. The smallest absolute Gasteiger partial charge is 0.348 e. The second kappa shape index (κ2) is 14.0. The fourth-order valence-electron chi connectivity index (χ4n) is 6.52. The van der Waals surface area contributed by atoms with Gasteiger partial charge in [-0.05, 0) is 73.7 Å². The van der Waals surface area contributed by atoms with Crippen molar-refractivity contribution < 1.29 is 45.1 Å². The highest BCUT2D eigenvalue weighted by molar-refractivity contribution is 5.93. The van der Waals surface area contributed by atoms with Gasteiger partial charge in [-0.25, -0.2) is 9.18 Å². The summed E-state index contributed by atoms with van der Waals surface area (Å²) in [5.41, 5.74) is -2.85. The van der Waals surface area contributed by atoms with E-state index in [0.717, 1.165) is 7.05 Å². The van der Waals surface area contributed by atoms with Crippen LogP contribution in [0.5, 0.6) is 0 Å². The SMILES string of the molecule is CN(C(=O)N(C)[C@@H]1CN(C(=O)[C@H]2CC[C@H](NC(=O)c3ccccn3)CC2)C[C@H]1c1ccc(F)cc1)c1cc(C(F)(F)F)cc(C(F)(F)F)c1. The van der Waals surface area contributed by atoms with Gasteiger partial charge in [-0.2, -0.15) is 26.3 Å². The van der Waals surface area contributed by atoms with E-state index in [1.807, 2.05) is 0 Å². The number of anilines is 1. The van der Waals surface area contributed by atoms with Crippen molar-refractivity contribution in [2.45, 2.75) is 56.0 Å². The highest BCUT2D eigenvalue weighted by Gasteiger charge is 2.43. The third-order valence-electron chi connectivity index (χ3n) is 9.25. The lowest BCUT2D eigenvalue weighted by molar-refractivity contribution is -0.143. The second-order valence-corrected chi connectivity index (χ2v) is 12.4. The molecule has 1 saturated heterocycles. The summed E-state index contributed by atoms with van der Waals surface area (Å²) in [4.78, 5) is 47.5. The number of benzene rings is 2. The molecule has 1 aliphatic carbocycles. The number of halogens is 7. The van der Waals surface area contributed by atoms with E-state index in [1.54, 1.807) is 23.1 Å². The maximum atomic E-state index is 13.8. The Bertz CT molecular complexity index is 1630. The Balaban J connectivity index is 1.32. The van der Waals surface area contributed by atoms with Crippen LogP contribution in [-0.2, 0) is 17.1 Å². The summed E-state index contributed by atoms with van der Waals surface area (Å²) in [6.45, 7) is 0.179. The first-order valence-corrected chi connectivity index (χ1v) is 15.6. The number of hydrogen-bond acceptors (Lipinski definition) is 4. The van der Waals surface area contributed by atoms with Gasteiger partial charge < -0.3 is 15.1 Å². The lowest BCUT2D eigenvalue weighted by Crippen LogP contribution is -2.48. The lowest BCUT2D eigenvalue weighted by Gasteiger charge is -2.33. The van der Waals surface area contributed by atoms with Crippen LogP contribution in [-0.4, -0.2) is 71.9 Å². The number of pyridine rings is 1. The monoisotopic (exact) mass is 693 g/mol. The van der Waals surface area contributed by atoms with Crippen LogP contribution in [0.3, 0.4) is 0 Å². The number of urea groups is 1. The van der Waals surface area contributed by atoms with Crippen molar-refractivity contribution in [2.75, 3.05) is 32.1 Å². The van der Waals surface area contributed by atoms with Crippen LogP contribution in [0.2, 0.25) is 0 Å². The third kappa shape index (κ3) is 8.14. The molecular weight excluding hydrogens is 659 g/mol. The van der Waals surface area contributed by atoms with E-state index >= 15 is 0 Å².